The molecule has 0 rings (SSSR count). The molecule has 0 spiro atoms. The van der Waals surface area contributed by atoms with Crippen molar-refractivity contribution in [2.75, 3.05) is 0 Å². The first kappa shape index (κ1) is 46.1. The third-order valence-corrected chi connectivity index (χ3v) is 10.4. The van der Waals surface area contributed by atoms with Crippen molar-refractivity contribution < 1.29 is 0 Å². The summed E-state index contributed by atoms with van der Waals surface area (Å²) in [7, 11) is 0. The van der Waals surface area contributed by atoms with E-state index in [2.05, 4.69) is 41.5 Å². The van der Waals surface area contributed by atoms with Gasteiger partial charge in [0.25, 0.3) is 0 Å². The Labute approximate surface area is 283 Å². The average Bonchev–Trinajstić information content (AvgIpc) is 3.04. The molecule has 0 amide bonds. The summed E-state index contributed by atoms with van der Waals surface area (Å²) in [6.07, 6.45) is 54.1. The standard InChI is InChI=1S/C27H56.C17H36/c1-5-9-13-17-21-25-27(23-19-15-11-7-3,24-20-16-12-8-4)26-22-18-14-10-6-2;1-3-5-7-9-11-13-15-17-16-14-12-10-8-6-4-2/h5-26H2,1-4H3;3-17H2,1-2H3. The van der Waals surface area contributed by atoms with Gasteiger partial charge in [0.2, 0.25) is 0 Å². The van der Waals surface area contributed by atoms with Crippen molar-refractivity contribution in [1.82, 2.24) is 0 Å². The van der Waals surface area contributed by atoms with Crippen LogP contribution in [0, 0.1) is 5.41 Å². The monoisotopic (exact) mass is 621 g/mol. The van der Waals surface area contributed by atoms with E-state index >= 15 is 0 Å². The molecule has 0 unspecified atom stereocenters. The normalized spacial score (nSPS) is 11.6. The highest BCUT2D eigenvalue weighted by Gasteiger charge is 2.28. The van der Waals surface area contributed by atoms with E-state index in [4.69, 9.17) is 0 Å². The quantitative estimate of drug-likeness (QED) is 0.0611. The van der Waals surface area contributed by atoms with Crippen molar-refractivity contribution in [1.29, 1.82) is 0 Å². The Morgan fingerprint density at radius 3 is 0.500 bits per heavy atom. The van der Waals surface area contributed by atoms with Crippen molar-refractivity contribution in [3.63, 3.8) is 0 Å². The Balaban J connectivity index is 0. The van der Waals surface area contributed by atoms with Crippen molar-refractivity contribution in [2.24, 2.45) is 5.41 Å². The van der Waals surface area contributed by atoms with Crippen molar-refractivity contribution in [2.45, 2.75) is 279 Å². The van der Waals surface area contributed by atoms with E-state index in [-0.39, 0.29) is 0 Å². The molecule has 0 radical (unpaired) electrons. The Morgan fingerprint density at radius 1 is 0.182 bits per heavy atom. The fourth-order valence-electron chi connectivity index (χ4n) is 7.26. The lowest BCUT2D eigenvalue weighted by Crippen LogP contribution is -2.21. The van der Waals surface area contributed by atoms with E-state index < -0.39 is 0 Å². The summed E-state index contributed by atoms with van der Waals surface area (Å²) in [5.74, 6) is 0. The van der Waals surface area contributed by atoms with E-state index in [0.717, 1.165) is 0 Å². The van der Waals surface area contributed by atoms with Crippen LogP contribution in [0.5, 0.6) is 0 Å². The largest absolute Gasteiger partial charge is 0.0654 e. The van der Waals surface area contributed by atoms with E-state index in [0.29, 0.717) is 5.41 Å². The minimum atomic E-state index is 0.694. The van der Waals surface area contributed by atoms with Gasteiger partial charge in [-0.25, -0.2) is 0 Å². The Bertz CT molecular complexity index is 423. The molecular formula is C44H92. The summed E-state index contributed by atoms with van der Waals surface area (Å²) in [6.45, 7) is 13.9. The first-order valence-corrected chi connectivity index (χ1v) is 21.7. The van der Waals surface area contributed by atoms with E-state index in [1.54, 1.807) is 0 Å². The summed E-state index contributed by atoms with van der Waals surface area (Å²) in [5.41, 5.74) is 0.694. The first-order chi connectivity index (χ1) is 21.7. The summed E-state index contributed by atoms with van der Waals surface area (Å²) >= 11 is 0. The second-order valence-electron chi connectivity index (χ2n) is 15.0. The predicted molar refractivity (Wildman–Crippen MR) is 207 cm³/mol. The molecule has 0 saturated carbocycles. The van der Waals surface area contributed by atoms with Gasteiger partial charge in [-0.2, -0.15) is 0 Å². The number of hydrogen-bond donors (Lipinski definition) is 0. The lowest BCUT2D eigenvalue weighted by Gasteiger charge is -2.35. The molecule has 0 aromatic rings. The Kier molecular flexibility index (Phi) is 43.0. The highest BCUT2D eigenvalue weighted by Crippen LogP contribution is 2.42. The molecule has 0 aromatic heterocycles. The molecule has 0 N–H and O–H groups in total. The molecule has 0 bridgehead atoms. The minimum absolute atomic E-state index is 0.694. The zero-order valence-corrected chi connectivity index (χ0v) is 32.7. The zero-order chi connectivity index (χ0) is 32.7. The third kappa shape index (κ3) is 36.5. The molecule has 0 aliphatic heterocycles. The van der Waals surface area contributed by atoms with Crippen LogP contribution in [0.2, 0.25) is 0 Å². The van der Waals surface area contributed by atoms with Gasteiger partial charge in [-0.05, 0) is 31.1 Å². The minimum Gasteiger partial charge on any atom is -0.0654 e. The Hall–Kier alpha value is 0. The molecule has 0 aromatic carbocycles. The zero-order valence-electron chi connectivity index (χ0n) is 32.7. The molecule has 0 aliphatic rings. The highest BCUT2D eigenvalue weighted by atomic mass is 14.3. The van der Waals surface area contributed by atoms with Gasteiger partial charge in [0.05, 0.1) is 0 Å². The van der Waals surface area contributed by atoms with E-state index in [9.17, 15) is 0 Å². The van der Waals surface area contributed by atoms with Gasteiger partial charge in [0.15, 0.2) is 0 Å². The van der Waals surface area contributed by atoms with Gasteiger partial charge in [-0.15, -0.1) is 0 Å². The Morgan fingerprint density at radius 2 is 0.318 bits per heavy atom. The van der Waals surface area contributed by atoms with Crippen molar-refractivity contribution in [3.8, 4) is 0 Å². The van der Waals surface area contributed by atoms with Crippen LogP contribution in [-0.4, -0.2) is 0 Å². The molecule has 44 heavy (non-hydrogen) atoms. The maximum Gasteiger partial charge on any atom is -0.0297 e. The summed E-state index contributed by atoms with van der Waals surface area (Å²) in [6, 6.07) is 0. The molecule has 0 aliphatic carbocycles. The van der Waals surface area contributed by atoms with Crippen molar-refractivity contribution in [3.05, 3.63) is 0 Å². The maximum absolute atomic E-state index is 2.35. The molecule has 0 fully saturated rings. The van der Waals surface area contributed by atoms with E-state index in [1.165, 1.54) is 238 Å². The third-order valence-electron chi connectivity index (χ3n) is 10.4. The van der Waals surface area contributed by atoms with Crippen LogP contribution in [0.25, 0.3) is 0 Å². The number of hydrogen-bond acceptors (Lipinski definition) is 0. The van der Waals surface area contributed by atoms with Crippen LogP contribution in [-0.2, 0) is 0 Å². The smallest absolute Gasteiger partial charge is 0.0297 e. The van der Waals surface area contributed by atoms with Gasteiger partial charge >= 0.3 is 0 Å². The first-order valence-electron chi connectivity index (χ1n) is 21.7. The van der Waals surface area contributed by atoms with Crippen LogP contribution < -0.4 is 0 Å². The molecular weight excluding hydrogens is 528 g/mol. The second kappa shape index (κ2) is 41.0. The summed E-state index contributed by atoms with van der Waals surface area (Å²) < 4.78 is 0. The SMILES string of the molecule is CCCCCCCC(CCCCCC)(CCCCCC)CCCCCCC.CCCCCCCCCCCCCCCCC. The molecule has 0 heteroatoms. The van der Waals surface area contributed by atoms with Crippen molar-refractivity contribution >= 4 is 0 Å². The topological polar surface area (TPSA) is 0 Å². The van der Waals surface area contributed by atoms with Gasteiger partial charge in [0.1, 0.15) is 0 Å². The van der Waals surface area contributed by atoms with Crippen LogP contribution in [0.15, 0.2) is 0 Å². The van der Waals surface area contributed by atoms with Crippen LogP contribution in [0.3, 0.4) is 0 Å². The lowest BCUT2D eigenvalue weighted by atomic mass is 9.70. The molecule has 0 atom stereocenters. The van der Waals surface area contributed by atoms with Gasteiger partial charge in [-0.3, -0.25) is 0 Å². The molecule has 0 saturated heterocycles. The van der Waals surface area contributed by atoms with Crippen LogP contribution in [0.1, 0.15) is 279 Å². The average molecular weight is 621 g/mol. The molecule has 0 nitrogen and oxygen atoms in total. The molecule has 268 valence electrons. The maximum atomic E-state index is 2.35. The number of rotatable bonds is 36. The van der Waals surface area contributed by atoms with Gasteiger partial charge in [0, 0.05) is 0 Å². The van der Waals surface area contributed by atoms with Crippen LogP contribution >= 0.6 is 0 Å². The van der Waals surface area contributed by atoms with Crippen LogP contribution in [0.4, 0.5) is 0 Å². The highest BCUT2D eigenvalue weighted by molar-refractivity contribution is 4.80. The van der Waals surface area contributed by atoms with Gasteiger partial charge < -0.3 is 0 Å². The van der Waals surface area contributed by atoms with Gasteiger partial charge in [-0.1, -0.05) is 253 Å². The summed E-state index contributed by atoms with van der Waals surface area (Å²) in [5, 5.41) is 0. The fraction of sp³-hybridized carbons (Fsp3) is 1.00. The predicted octanol–water partition coefficient (Wildman–Crippen LogP) is 17.5. The summed E-state index contributed by atoms with van der Waals surface area (Å²) in [4.78, 5) is 0. The van der Waals surface area contributed by atoms with E-state index in [1.807, 2.05) is 0 Å². The lowest BCUT2D eigenvalue weighted by molar-refractivity contribution is 0.172. The second-order valence-corrected chi connectivity index (χ2v) is 15.0. The fourth-order valence-corrected chi connectivity index (χ4v) is 7.26. The molecule has 0 heterocycles. The number of unbranched alkanes of at least 4 members (excludes halogenated alkanes) is 28.